The fourth-order valence-electron chi connectivity index (χ4n) is 2.15. The summed E-state index contributed by atoms with van der Waals surface area (Å²) in [7, 11) is 6.20. The summed E-state index contributed by atoms with van der Waals surface area (Å²) >= 11 is 1.66. The Morgan fingerprint density at radius 1 is 1.21 bits per heavy atom. The normalized spacial score (nSPS) is 16.5. The smallest absolute Gasteiger partial charge is 0.303 e. The summed E-state index contributed by atoms with van der Waals surface area (Å²) in [5.41, 5.74) is -1.55. The van der Waals surface area contributed by atoms with Crippen molar-refractivity contribution < 1.29 is 22.6 Å². The number of amides is 1. The first-order chi connectivity index (χ1) is 11.0. The van der Waals surface area contributed by atoms with Gasteiger partial charge < -0.3 is 18.8 Å². The van der Waals surface area contributed by atoms with Crippen LogP contribution >= 0.6 is 23.0 Å². The number of halogens is 1. The summed E-state index contributed by atoms with van der Waals surface area (Å²) in [6, 6.07) is -1.01. The number of carbonyl (C=O) groups excluding carboxylic acids is 2. The second-order valence-electron chi connectivity index (χ2n) is 6.41. The molecule has 0 aliphatic carbocycles. The first kappa shape index (κ1) is 23.3. The van der Waals surface area contributed by atoms with Gasteiger partial charge in [-0.2, -0.15) is 0 Å². The van der Waals surface area contributed by atoms with E-state index in [9.17, 15) is 14.4 Å². The Morgan fingerprint density at radius 2 is 1.75 bits per heavy atom. The van der Waals surface area contributed by atoms with E-state index in [-0.39, 0.29) is 30.6 Å². The van der Waals surface area contributed by atoms with Gasteiger partial charge in [-0.25, -0.2) is 0 Å². The average molecular weight is 452 g/mol. The Labute approximate surface area is 158 Å². The van der Waals surface area contributed by atoms with Crippen LogP contribution in [0.3, 0.4) is 0 Å². The van der Waals surface area contributed by atoms with Gasteiger partial charge >= 0.3 is 5.97 Å². The van der Waals surface area contributed by atoms with E-state index in [1.165, 1.54) is 0 Å². The first-order valence-electron chi connectivity index (χ1n) is 7.86. The third-order valence-electron chi connectivity index (χ3n) is 3.54. The van der Waals surface area contributed by atoms with Gasteiger partial charge in [0.1, 0.15) is 30.9 Å². The molecule has 0 bridgehead atoms. The molecule has 9 heteroatoms. The summed E-state index contributed by atoms with van der Waals surface area (Å²) in [5.74, 6) is -2.22. The Bertz CT molecular complexity index is 461. The predicted molar refractivity (Wildman–Crippen MR) is 100.0 cm³/mol. The second kappa shape index (κ2) is 10.3. The van der Waals surface area contributed by atoms with Gasteiger partial charge in [-0.15, -0.1) is 0 Å². The zero-order valence-corrected chi connectivity index (χ0v) is 16.9. The second-order valence-corrected chi connectivity index (χ2v) is 6.92. The molecule has 0 heterocycles. The summed E-state index contributed by atoms with van der Waals surface area (Å²) in [5, 5.41) is 14.4. The number of Topliss-reactive ketones (excluding diaryl/α,β-unsaturated/α-hetero) is 1. The van der Waals surface area contributed by atoms with Crippen LogP contribution in [0.1, 0.15) is 47.5 Å². The molecule has 0 aliphatic rings. The fraction of sp³-hybridized carbons (Fsp3) is 0.800. The van der Waals surface area contributed by atoms with Crippen LogP contribution in [0.5, 0.6) is 0 Å². The Hall–Kier alpha value is -0.675. The molecular weight excluding hydrogens is 426 g/mol. The van der Waals surface area contributed by atoms with E-state index in [0.29, 0.717) is 0 Å². The molecule has 3 atom stereocenters. The highest BCUT2D eigenvalue weighted by molar-refractivity contribution is 14.1. The Morgan fingerprint density at radius 3 is 2.12 bits per heavy atom. The predicted octanol–water partition coefficient (Wildman–Crippen LogP) is 1.18. The maximum atomic E-state index is 12.7. The number of carbonyl (C=O) groups is 3. The number of aliphatic carboxylic acids is 1. The number of ketones is 1. The maximum absolute atomic E-state index is 12.7. The van der Waals surface area contributed by atoms with Crippen molar-refractivity contribution in [1.82, 2.24) is 10.6 Å². The van der Waals surface area contributed by atoms with E-state index in [0.717, 1.165) is 0 Å². The summed E-state index contributed by atoms with van der Waals surface area (Å²) in [6.45, 7) is 8.69. The number of carboxylic acids is 1. The number of nitrogens with one attached hydrogen (secondary N) is 2. The Kier molecular flexibility index (Phi) is 10.1. The molecule has 1 amide bonds. The minimum Gasteiger partial charge on any atom is -0.481 e. The molecule has 0 saturated carbocycles. The quantitative estimate of drug-likeness (QED) is 0.322. The van der Waals surface area contributed by atoms with E-state index < -0.39 is 29.5 Å². The van der Waals surface area contributed by atoms with Gasteiger partial charge in [-0.1, -0.05) is 27.7 Å². The highest BCUT2D eigenvalue weighted by Crippen LogP contribution is 2.16. The average Bonchev–Trinajstić information content (AvgIpc) is 2.48. The van der Waals surface area contributed by atoms with Gasteiger partial charge in [-0.3, -0.25) is 14.4 Å². The lowest BCUT2D eigenvalue weighted by Crippen LogP contribution is -2.67. The standard InChI is InChI=1S/C15H26BIN2O5/c1-8(2)13(22)11(6-7-12(20)21)18-14(23)15(16,10(5)24-17)19-9(3)4/h8-11,19H,6-7H2,1-5H3,(H,18,23)(H,20,21)/t10?,11-,15-/m0/s1. The van der Waals surface area contributed by atoms with E-state index in [1.54, 1.807) is 43.8 Å². The van der Waals surface area contributed by atoms with Crippen molar-refractivity contribution in [2.75, 3.05) is 0 Å². The molecule has 0 fully saturated rings. The van der Waals surface area contributed by atoms with Crippen LogP contribution in [0.25, 0.3) is 0 Å². The minimum atomic E-state index is -1.55. The van der Waals surface area contributed by atoms with Crippen LogP contribution < -0.4 is 10.6 Å². The van der Waals surface area contributed by atoms with Crippen LogP contribution in [0.2, 0.25) is 0 Å². The van der Waals surface area contributed by atoms with Gasteiger partial charge in [0.2, 0.25) is 5.91 Å². The lowest BCUT2D eigenvalue weighted by atomic mass is 9.71. The number of hydrogen-bond donors (Lipinski definition) is 3. The monoisotopic (exact) mass is 452 g/mol. The summed E-state index contributed by atoms with van der Waals surface area (Å²) in [6.07, 6.45) is -0.888. The molecule has 136 valence electrons. The molecule has 0 aromatic carbocycles. The fourth-order valence-corrected chi connectivity index (χ4v) is 2.55. The maximum Gasteiger partial charge on any atom is 0.303 e. The van der Waals surface area contributed by atoms with Crippen molar-refractivity contribution in [1.29, 1.82) is 0 Å². The van der Waals surface area contributed by atoms with Gasteiger partial charge in [0.15, 0.2) is 5.78 Å². The number of hydrogen-bond acceptors (Lipinski definition) is 5. The topological polar surface area (TPSA) is 105 Å². The molecule has 0 aliphatic heterocycles. The van der Waals surface area contributed by atoms with Crippen molar-refractivity contribution in [3.8, 4) is 0 Å². The van der Waals surface area contributed by atoms with E-state index >= 15 is 0 Å². The third kappa shape index (κ3) is 7.06. The minimum absolute atomic E-state index is 0.00924. The van der Waals surface area contributed by atoms with Crippen LogP contribution in [-0.4, -0.2) is 54.2 Å². The lowest BCUT2D eigenvalue weighted by molar-refractivity contribution is -0.138. The first-order valence-corrected chi connectivity index (χ1v) is 8.74. The lowest BCUT2D eigenvalue weighted by Gasteiger charge is -2.37. The van der Waals surface area contributed by atoms with Crippen molar-refractivity contribution >= 4 is 48.5 Å². The molecule has 24 heavy (non-hydrogen) atoms. The van der Waals surface area contributed by atoms with Crippen LogP contribution in [0.4, 0.5) is 0 Å². The summed E-state index contributed by atoms with van der Waals surface area (Å²) < 4.78 is 5.17. The zero-order chi connectivity index (χ0) is 19.1. The van der Waals surface area contributed by atoms with Crippen molar-refractivity contribution in [2.24, 2.45) is 5.92 Å². The number of rotatable bonds is 11. The summed E-state index contributed by atoms with van der Waals surface area (Å²) in [4.78, 5) is 35.8. The largest absolute Gasteiger partial charge is 0.481 e. The molecule has 1 unspecified atom stereocenters. The molecule has 2 radical (unpaired) electrons. The van der Waals surface area contributed by atoms with Crippen molar-refractivity contribution in [2.45, 2.75) is 71.1 Å². The van der Waals surface area contributed by atoms with Gasteiger partial charge in [0, 0.05) is 18.4 Å². The van der Waals surface area contributed by atoms with Crippen LogP contribution in [0, 0.1) is 5.92 Å². The number of carboxylic acid groups (broad SMARTS) is 1. The van der Waals surface area contributed by atoms with Crippen LogP contribution in [0.15, 0.2) is 0 Å². The van der Waals surface area contributed by atoms with Gasteiger partial charge in [-0.05, 0) is 13.3 Å². The SMILES string of the molecule is [B][C@@](NC(C)C)(C(=O)N[C@@H](CCC(=O)O)C(=O)C(C)C)C(C)OI. The van der Waals surface area contributed by atoms with Crippen molar-refractivity contribution in [3.63, 3.8) is 0 Å². The molecule has 0 saturated heterocycles. The van der Waals surface area contributed by atoms with Gasteiger partial charge in [0.25, 0.3) is 0 Å². The zero-order valence-electron chi connectivity index (χ0n) is 14.8. The van der Waals surface area contributed by atoms with E-state index in [2.05, 4.69) is 10.6 Å². The molecule has 0 rings (SSSR count). The molecule has 0 aromatic heterocycles. The van der Waals surface area contributed by atoms with Crippen molar-refractivity contribution in [3.05, 3.63) is 0 Å². The Balaban J connectivity index is 5.35. The molecule has 7 nitrogen and oxygen atoms in total. The third-order valence-corrected chi connectivity index (χ3v) is 4.31. The highest BCUT2D eigenvalue weighted by Gasteiger charge is 2.41. The molecule has 3 N–H and O–H groups in total. The van der Waals surface area contributed by atoms with Gasteiger partial charge in [0.05, 0.1) is 17.6 Å². The highest BCUT2D eigenvalue weighted by atomic mass is 127. The van der Waals surface area contributed by atoms with Crippen LogP contribution in [-0.2, 0) is 17.4 Å². The van der Waals surface area contributed by atoms with E-state index in [4.69, 9.17) is 16.0 Å². The molecule has 0 aromatic rings. The van der Waals surface area contributed by atoms with E-state index in [1.807, 2.05) is 13.8 Å². The molecular formula is C15H26BIN2O5. The molecule has 0 spiro atoms.